The van der Waals surface area contributed by atoms with Gasteiger partial charge in [-0.05, 0) is 38.5 Å². The smallest absolute Gasteiger partial charge is 0.407 e. The molecule has 0 aromatic heterocycles. The molecule has 0 aliphatic carbocycles. The molecule has 0 saturated heterocycles. The van der Waals surface area contributed by atoms with Crippen molar-refractivity contribution in [2.45, 2.75) is 38.6 Å². The number of hydrogen-bond acceptors (Lipinski definition) is 5. The van der Waals surface area contributed by atoms with Crippen molar-refractivity contribution in [3.8, 4) is 5.75 Å². The van der Waals surface area contributed by atoms with Gasteiger partial charge >= 0.3 is 6.09 Å². The number of carbonyl (C=O) groups excluding carboxylic acids is 1. The maximum atomic E-state index is 13.4. The molecule has 2 unspecified atom stereocenters. The zero-order valence-corrected chi connectivity index (χ0v) is 13.1. The minimum Gasteiger partial charge on any atom is -0.497 e. The summed E-state index contributed by atoms with van der Waals surface area (Å²) in [7, 11) is 1.37. The molecule has 0 saturated carbocycles. The minimum atomic E-state index is -1.38. The number of carbonyl (C=O) groups is 1. The Morgan fingerprint density at radius 3 is 2.50 bits per heavy atom. The largest absolute Gasteiger partial charge is 0.497 e. The molecule has 1 aromatic rings. The molecule has 22 heavy (non-hydrogen) atoms. The van der Waals surface area contributed by atoms with Gasteiger partial charge in [-0.25, -0.2) is 9.18 Å². The summed E-state index contributed by atoms with van der Waals surface area (Å²) in [5, 5.41) is 22.2. The highest BCUT2D eigenvalue weighted by Gasteiger charge is 2.22. The topological polar surface area (TPSA) is 88.0 Å². The zero-order valence-electron chi connectivity index (χ0n) is 13.1. The predicted octanol–water partition coefficient (Wildman–Crippen LogP) is 1.75. The van der Waals surface area contributed by atoms with Gasteiger partial charge in [0.2, 0.25) is 0 Å². The molecule has 124 valence electrons. The van der Waals surface area contributed by atoms with Crippen LogP contribution in [0.1, 0.15) is 32.4 Å². The van der Waals surface area contributed by atoms with Crippen molar-refractivity contribution in [3.05, 3.63) is 29.6 Å². The molecule has 0 bridgehead atoms. The van der Waals surface area contributed by atoms with Crippen molar-refractivity contribution < 1.29 is 28.9 Å². The third kappa shape index (κ3) is 5.87. The van der Waals surface area contributed by atoms with E-state index >= 15 is 0 Å². The number of rotatable bonds is 5. The number of benzene rings is 1. The number of aliphatic hydroxyl groups is 2. The zero-order chi connectivity index (χ0) is 16.9. The first-order valence-corrected chi connectivity index (χ1v) is 6.80. The standard InChI is InChI=1S/C15H22FNO5/c1-15(2,3)22-14(20)17-8-12(18)13(19)9-5-10(16)7-11(6-9)21-4/h5-7,12-13,18-19H,8H2,1-4H3,(H,17,20). The van der Waals surface area contributed by atoms with E-state index in [-0.39, 0.29) is 17.9 Å². The number of hydrogen-bond donors (Lipinski definition) is 3. The maximum absolute atomic E-state index is 13.4. The fourth-order valence-corrected chi connectivity index (χ4v) is 1.71. The van der Waals surface area contributed by atoms with Crippen LogP contribution in [0.3, 0.4) is 0 Å². The van der Waals surface area contributed by atoms with Crippen molar-refractivity contribution in [2.24, 2.45) is 0 Å². The molecule has 1 rings (SSSR count). The summed E-state index contributed by atoms with van der Waals surface area (Å²) >= 11 is 0. The van der Waals surface area contributed by atoms with Crippen LogP contribution >= 0.6 is 0 Å². The summed E-state index contributed by atoms with van der Waals surface area (Å²) < 4.78 is 23.3. The van der Waals surface area contributed by atoms with Crippen molar-refractivity contribution in [2.75, 3.05) is 13.7 Å². The molecule has 0 aliphatic rings. The Morgan fingerprint density at radius 1 is 1.32 bits per heavy atom. The Bertz CT molecular complexity index is 515. The van der Waals surface area contributed by atoms with Crippen molar-refractivity contribution in [3.63, 3.8) is 0 Å². The fraction of sp³-hybridized carbons (Fsp3) is 0.533. The van der Waals surface area contributed by atoms with E-state index in [0.717, 1.165) is 12.1 Å². The first-order valence-electron chi connectivity index (χ1n) is 6.80. The number of ether oxygens (including phenoxy) is 2. The lowest BCUT2D eigenvalue weighted by Crippen LogP contribution is -2.38. The Kier molecular flexibility index (Phi) is 6.13. The monoisotopic (exact) mass is 315 g/mol. The average molecular weight is 315 g/mol. The second-order valence-corrected chi connectivity index (χ2v) is 5.82. The van der Waals surface area contributed by atoms with Gasteiger partial charge in [0.15, 0.2) is 0 Å². The third-order valence-corrected chi connectivity index (χ3v) is 2.69. The quantitative estimate of drug-likeness (QED) is 0.770. The number of methoxy groups -OCH3 is 1. The van der Waals surface area contributed by atoms with Crippen molar-refractivity contribution in [1.29, 1.82) is 0 Å². The molecular formula is C15H22FNO5. The van der Waals surface area contributed by atoms with Gasteiger partial charge in [-0.2, -0.15) is 0 Å². The molecule has 0 fully saturated rings. The van der Waals surface area contributed by atoms with Gasteiger partial charge in [0.1, 0.15) is 29.4 Å². The van der Waals surface area contributed by atoms with E-state index in [2.05, 4.69) is 5.32 Å². The Labute approximate surface area is 128 Å². The lowest BCUT2D eigenvalue weighted by Gasteiger charge is -2.22. The van der Waals surface area contributed by atoms with Gasteiger partial charge < -0.3 is 25.0 Å². The van der Waals surface area contributed by atoms with Gasteiger partial charge in [0, 0.05) is 12.6 Å². The van der Waals surface area contributed by atoms with Crippen LogP contribution in [0.2, 0.25) is 0 Å². The van der Waals surface area contributed by atoms with E-state index in [1.807, 2.05) is 0 Å². The van der Waals surface area contributed by atoms with Gasteiger partial charge in [-0.3, -0.25) is 0 Å². The first-order chi connectivity index (χ1) is 10.1. The summed E-state index contributed by atoms with van der Waals surface area (Å²) in [6.07, 6.45) is -3.41. The van der Waals surface area contributed by atoms with Crippen molar-refractivity contribution in [1.82, 2.24) is 5.32 Å². The van der Waals surface area contributed by atoms with Crippen LogP contribution < -0.4 is 10.1 Å². The molecule has 2 atom stereocenters. The summed E-state index contributed by atoms with van der Waals surface area (Å²) in [6.45, 7) is 4.87. The lowest BCUT2D eigenvalue weighted by molar-refractivity contribution is 0.0127. The van der Waals surface area contributed by atoms with Gasteiger partial charge in [0.05, 0.1) is 7.11 Å². The normalized spacial score (nSPS) is 14.1. The number of aliphatic hydroxyl groups excluding tert-OH is 2. The van der Waals surface area contributed by atoms with E-state index in [9.17, 15) is 19.4 Å². The van der Waals surface area contributed by atoms with Crippen LogP contribution in [0.4, 0.5) is 9.18 Å². The van der Waals surface area contributed by atoms with E-state index in [1.165, 1.54) is 13.2 Å². The maximum Gasteiger partial charge on any atom is 0.407 e. The molecule has 0 radical (unpaired) electrons. The highest BCUT2D eigenvalue weighted by atomic mass is 19.1. The van der Waals surface area contributed by atoms with E-state index in [1.54, 1.807) is 20.8 Å². The number of alkyl carbamates (subject to hydrolysis) is 1. The highest BCUT2D eigenvalue weighted by Crippen LogP contribution is 2.23. The third-order valence-electron chi connectivity index (χ3n) is 2.69. The van der Waals surface area contributed by atoms with Crippen LogP contribution in [0.25, 0.3) is 0 Å². The van der Waals surface area contributed by atoms with Crippen LogP contribution in [-0.2, 0) is 4.74 Å². The Morgan fingerprint density at radius 2 is 1.95 bits per heavy atom. The SMILES string of the molecule is COc1cc(F)cc(C(O)C(O)CNC(=O)OC(C)(C)C)c1. The van der Waals surface area contributed by atoms with Crippen LogP contribution in [-0.4, -0.2) is 41.7 Å². The van der Waals surface area contributed by atoms with Crippen molar-refractivity contribution >= 4 is 6.09 Å². The molecule has 0 heterocycles. The Balaban J connectivity index is 2.63. The van der Waals surface area contributed by atoms with E-state index in [4.69, 9.17) is 9.47 Å². The summed E-state index contributed by atoms with van der Waals surface area (Å²) in [4.78, 5) is 11.5. The lowest BCUT2D eigenvalue weighted by atomic mass is 10.0. The van der Waals surface area contributed by atoms with Gasteiger partial charge in [-0.1, -0.05) is 0 Å². The second-order valence-electron chi connectivity index (χ2n) is 5.82. The van der Waals surface area contributed by atoms with Crippen LogP contribution in [0.15, 0.2) is 18.2 Å². The van der Waals surface area contributed by atoms with Gasteiger partial charge in [-0.15, -0.1) is 0 Å². The molecule has 1 amide bonds. The summed E-state index contributed by atoms with van der Waals surface area (Å²) in [5.41, 5.74) is -0.515. The molecule has 1 aromatic carbocycles. The Hall–Kier alpha value is -1.86. The van der Waals surface area contributed by atoms with E-state index in [0.29, 0.717) is 0 Å². The molecule has 6 nitrogen and oxygen atoms in total. The summed E-state index contributed by atoms with van der Waals surface area (Å²) in [6, 6.07) is 3.65. The van der Waals surface area contributed by atoms with Crippen LogP contribution in [0, 0.1) is 5.82 Å². The molecule has 7 heteroatoms. The summed E-state index contributed by atoms with van der Waals surface area (Å²) in [5.74, 6) is -0.373. The highest BCUT2D eigenvalue weighted by molar-refractivity contribution is 5.67. The molecule has 0 spiro atoms. The van der Waals surface area contributed by atoms with Crippen LogP contribution in [0.5, 0.6) is 5.75 Å². The number of halogens is 1. The predicted molar refractivity (Wildman–Crippen MR) is 78.2 cm³/mol. The molecule has 0 aliphatic heterocycles. The number of amides is 1. The average Bonchev–Trinajstić information content (AvgIpc) is 2.41. The number of nitrogens with one attached hydrogen (secondary N) is 1. The molecule has 3 N–H and O–H groups in total. The van der Waals surface area contributed by atoms with E-state index < -0.39 is 29.7 Å². The minimum absolute atomic E-state index is 0.148. The molecular weight excluding hydrogens is 293 g/mol. The first kappa shape index (κ1) is 18.2. The second kappa shape index (κ2) is 7.42. The fourth-order valence-electron chi connectivity index (χ4n) is 1.71. The van der Waals surface area contributed by atoms with Gasteiger partial charge in [0.25, 0.3) is 0 Å².